The van der Waals surface area contributed by atoms with Crippen LogP contribution in [0.3, 0.4) is 0 Å². The molecular formula is C20H32N6. The van der Waals surface area contributed by atoms with Crippen molar-refractivity contribution in [2.24, 2.45) is 17.6 Å². The number of hydrogen-bond acceptors (Lipinski definition) is 6. The molecule has 0 aliphatic heterocycles. The third-order valence-electron chi connectivity index (χ3n) is 5.30. The molecule has 0 bridgehead atoms. The van der Waals surface area contributed by atoms with Crippen LogP contribution in [-0.4, -0.2) is 55.1 Å². The molecule has 1 aliphatic carbocycles. The van der Waals surface area contributed by atoms with Gasteiger partial charge in [0.2, 0.25) is 5.95 Å². The van der Waals surface area contributed by atoms with Crippen LogP contribution in [0.1, 0.15) is 25.7 Å². The van der Waals surface area contributed by atoms with Crippen molar-refractivity contribution in [3.63, 3.8) is 0 Å². The molecule has 1 aliphatic rings. The van der Waals surface area contributed by atoms with E-state index in [1.807, 2.05) is 18.2 Å². The number of hydrogen-bond donors (Lipinski definition) is 3. The molecule has 0 radical (unpaired) electrons. The lowest BCUT2D eigenvalue weighted by Gasteiger charge is -2.27. The fraction of sp³-hybridized carbons (Fsp3) is 0.600. The summed E-state index contributed by atoms with van der Waals surface area (Å²) >= 11 is 0. The van der Waals surface area contributed by atoms with Crippen LogP contribution in [-0.2, 0) is 0 Å². The number of aromatic nitrogens is 2. The van der Waals surface area contributed by atoms with Crippen molar-refractivity contribution in [3.8, 4) is 0 Å². The molecule has 6 heteroatoms. The number of fused-ring (bicyclic) bond motifs is 1. The third-order valence-corrected chi connectivity index (χ3v) is 5.30. The van der Waals surface area contributed by atoms with Gasteiger partial charge in [-0.25, -0.2) is 4.98 Å². The molecule has 0 saturated heterocycles. The predicted octanol–water partition coefficient (Wildman–Crippen LogP) is 2.78. The van der Waals surface area contributed by atoms with E-state index < -0.39 is 0 Å². The number of benzene rings is 1. The van der Waals surface area contributed by atoms with Crippen molar-refractivity contribution < 1.29 is 0 Å². The Balaban J connectivity index is 1.66. The SMILES string of the molecule is CN(C)CCNc1nc(NCC2CCC(CN)CC2)nc2ccccc12. The highest BCUT2D eigenvalue weighted by molar-refractivity contribution is 5.90. The highest BCUT2D eigenvalue weighted by Gasteiger charge is 2.20. The molecule has 0 atom stereocenters. The smallest absolute Gasteiger partial charge is 0.225 e. The molecule has 26 heavy (non-hydrogen) atoms. The minimum absolute atomic E-state index is 0.693. The van der Waals surface area contributed by atoms with E-state index in [9.17, 15) is 0 Å². The van der Waals surface area contributed by atoms with Gasteiger partial charge < -0.3 is 21.3 Å². The van der Waals surface area contributed by atoms with Crippen molar-refractivity contribution in [1.82, 2.24) is 14.9 Å². The highest BCUT2D eigenvalue weighted by atomic mass is 15.2. The van der Waals surface area contributed by atoms with Crippen molar-refractivity contribution in [1.29, 1.82) is 0 Å². The first-order chi connectivity index (χ1) is 12.7. The van der Waals surface area contributed by atoms with Crippen LogP contribution >= 0.6 is 0 Å². The number of nitrogens with two attached hydrogens (primary N) is 1. The quantitative estimate of drug-likeness (QED) is 0.675. The van der Waals surface area contributed by atoms with E-state index in [0.717, 1.165) is 54.8 Å². The fourth-order valence-electron chi connectivity index (χ4n) is 3.60. The second-order valence-corrected chi connectivity index (χ2v) is 7.65. The second kappa shape index (κ2) is 9.14. The van der Waals surface area contributed by atoms with Crippen LogP contribution in [0.4, 0.5) is 11.8 Å². The zero-order valence-corrected chi connectivity index (χ0v) is 16.0. The van der Waals surface area contributed by atoms with Crippen LogP contribution in [0.2, 0.25) is 0 Å². The summed E-state index contributed by atoms with van der Waals surface area (Å²) in [5.74, 6) is 3.04. The Labute approximate surface area is 156 Å². The van der Waals surface area contributed by atoms with Gasteiger partial charge in [0.05, 0.1) is 5.52 Å². The van der Waals surface area contributed by atoms with Gasteiger partial charge in [-0.05, 0) is 70.3 Å². The lowest BCUT2D eigenvalue weighted by Crippen LogP contribution is -2.25. The van der Waals surface area contributed by atoms with Gasteiger partial charge in [-0.3, -0.25) is 0 Å². The van der Waals surface area contributed by atoms with E-state index >= 15 is 0 Å². The molecule has 1 saturated carbocycles. The predicted molar refractivity (Wildman–Crippen MR) is 110 cm³/mol. The van der Waals surface area contributed by atoms with Crippen molar-refractivity contribution in [3.05, 3.63) is 24.3 Å². The van der Waals surface area contributed by atoms with E-state index in [1.165, 1.54) is 25.7 Å². The number of para-hydroxylation sites is 1. The first-order valence-corrected chi connectivity index (χ1v) is 9.75. The van der Waals surface area contributed by atoms with Crippen LogP contribution < -0.4 is 16.4 Å². The topological polar surface area (TPSA) is 79.1 Å². The van der Waals surface area contributed by atoms with E-state index in [2.05, 4.69) is 35.7 Å². The summed E-state index contributed by atoms with van der Waals surface area (Å²) in [6.07, 6.45) is 4.99. The maximum Gasteiger partial charge on any atom is 0.225 e. The molecule has 1 aromatic heterocycles. The molecule has 142 valence electrons. The lowest BCUT2D eigenvalue weighted by molar-refractivity contribution is 0.289. The zero-order valence-electron chi connectivity index (χ0n) is 16.0. The van der Waals surface area contributed by atoms with Gasteiger partial charge >= 0.3 is 0 Å². The van der Waals surface area contributed by atoms with Crippen molar-refractivity contribution >= 4 is 22.7 Å². The Kier molecular flexibility index (Phi) is 6.63. The van der Waals surface area contributed by atoms with Gasteiger partial charge in [-0.1, -0.05) is 12.1 Å². The van der Waals surface area contributed by atoms with Gasteiger partial charge in [-0.2, -0.15) is 4.98 Å². The number of likely N-dealkylation sites (N-methyl/N-ethyl adjacent to an activating group) is 1. The normalized spacial score (nSPS) is 20.5. The van der Waals surface area contributed by atoms with Crippen LogP contribution in [0.25, 0.3) is 10.9 Å². The Morgan fingerprint density at radius 3 is 2.50 bits per heavy atom. The number of nitrogens with zero attached hydrogens (tertiary/aromatic N) is 3. The summed E-state index contributed by atoms with van der Waals surface area (Å²) < 4.78 is 0. The minimum Gasteiger partial charge on any atom is -0.368 e. The summed E-state index contributed by atoms with van der Waals surface area (Å²) in [6, 6.07) is 8.18. The van der Waals surface area contributed by atoms with Crippen molar-refractivity contribution in [2.45, 2.75) is 25.7 Å². The van der Waals surface area contributed by atoms with Crippen molar-refractivity contribution in [2.75, 3.05) is 50.9 Å². The van der Waals surface area contributed by atoms with Crippen LogP contribution in [0.5, 0.6) is 0 Å². The molecule has 0 amide bonds. The monoisotopic (exact) mass is 356 g/mol. The summed E-state index contributed by atoms with van der Waals surface area (Å²) in [5, 5.41) is 8.01. The first kappa shape index (κ1) is 18.9. The Hall–Kier alpha value is -1.92. The molecule has 0 unspecified atom stereocenters. The summed E-state index contributed by atoms with van der Waals surface area (Å²) in [5.41, 5.74) is 6.77. The van der Waals surface area contributed by atoms with Crippen LogP contribution in [0.15, 0.2) is 24.3 Å². The molecule has 4 N–H and O–H groups in total. The maximum atomic E-state index is 5.80. The Morgan fingerprint density at radius 1 is 1.04 bits per heavy atom. The molecule has 2 aromatic rings. The molecule has 1 heterocycles. The van der Waals surface area contributed by atoms with Gasteiger partial charge in [0, 0.05) is 25.0 Å². The second-order valence-electron chi connectivity index (χ2n) is 7.65. The summed E-state index contributed by atoms with van der Waals surface area (Å²) in [6.45, 7) is 3.59. The first-order valence-electron chi connectivity index (χ1n) is 9.75. The average molecular weight is 357 g/mol. The highest BCUT2D eigenvalue weighted by Crippen LogP contribution is 2.28. The summed E-state index contributed by atoms with van der Waals surface area (Å²) in [7, 11) is 4.15. The maximum absolute atomic E-state index is 5.80. The van der Waals surface area contributed by atoms with Gasteiger partial charge in [0.1, 0.15) is 5.82 Å². The fourth-order valence-corrected chi connectivity index (χ4v) is 3.60. The van der Waals surface area contributed by atoms with E-state index in [-0.39, 0.29) is 0 Å². The molecule has 0 spiro atoms. The largest absolute Gasteiger partial charge is 0.368 e. The standard InChI is InChI=1S/C20H32N6/c1-26(2)12-11-22-19-17-5-3-4-6-18(17)24-20(25-19)23-14-16-9-7-15(13-21)8-10-16/h3-6,15-16H,7-14,21H2,1-2H3,(H2,22,23,24,25). The Bertz CT molecular complexity index is 694. The molecular weight excluding hydrogens is 324 g/mol. The van der Waals surface area contributed by atoms with Gasteiger partial charge in [0.25, 0.3) is 0 Å². The molecule has 1 aromatic carbocycles. The molecule has 6 nitrogen and oxygen atoms in total. The third kappa shape index (κ3) is 5.05. The van der Waals surface area contributed by atoms with Gasteiger partial charge in [-0.15, -0.1) is 0 Å². The minimum atomic E-state index is 0.693. The Morgan fingerprint density at radius 2 is 1.77 bits per heavy atom. The van der Waals surface area contributed by atoms with E-state index in [0.29, 0.717) is 5.92 Å². The number of rotatable bonds is 8. The number of anilines is 2. The number of nitrogens with one attached hydrogen (secondary N) is 2. The van der Waals surface area contributed by atoms with E-state index in [1.54, 1.807) is 0 Å². The molecule has 3 rings (SSSR count). The van der Waals surface area contributed by atoms with Gasteiger partial charge in [0.15, 0.2) is 0 Å². The van der Waals surface area contributed by atoms with E-state index in [4.69, 9.17) is 15.7 Å². The average Bonchev–Trinajstić information content (AvgIpc) is 2.66. The zero-order chi connectivity index (χ0) is 18.4. The molecule has 1 fully saturated rings. The summed E-state index contributed by atoms with van der Waals surface area (Å²) in [4.78, 5) is 11.6. The van der Waals surface area contributed by atoms with Crippen LogP contribution in [0, 0.1) is 11.8 Å². The lowest BCUT2D eigenvalue weighted by atomic mass is 9.82.